The monoisotopic (exact) mass is 335 g/mol. The van der Waals surface area contributed by atoms with Crippen molar-refractivity contribution in [2.45, 2.75) is 38.5 Å². The van der Waals surface area contributed by atoms with Crippen molar-refractivity contribution in [3.63, 3.8) is 0 Å². The Morgan fingerprint density at radius 2 is 2.12 bits per heavy atom. The molecule has 25 heavy (non-hydrogen) atoms. The van der Waals surface area contributed by atoms with Gasteiger partial charge in [-0.2, -0.15) is 5.26 Å². The molecule has 0 aliphatic heterocycles. The smallest absolute Gasteiger partial charge is 0.228 e. The first-order valence-corrected chi connectivity index (χ1v) is 8.75. The van der Waals surface area contributed by atoms with Gasteiger partial charge in [-0.15, -0.1) is 0 Å². The van der Waals surface area contributed by atoms with Crippen molar-refractivity contribution < 1.29 is 4.79 Å². The first-order chi connectivity index (χ1) is 12.1. The Labute approximate surface area is 150 Å². The molecular formula is C21H25N3O. The van der Waals surface area contributed by atoms with Gasteiger partial charge in [0.25, 0.3) is 0 Å². The van der Waals surface area contributed by atoms with Gasteiger partial charge < -0.3 is 5.32 Å². The molecular weight excluding hydrogens is 310 g/mol. The van der Waals surface area contributed by atoms with Crippen LogP contribution >= 0.6 is 0 Å². The summed E-state index contributed by atoms with van der Waals surface area (Å²) in [6.45, 7) is 3.90. The summed E-state index contributed by atoms with van der Waals surface area (Å²) >= 11 is 0. The molecule has 0 heterocycles. The SMILES string of the molecule is C=C(/C=C\C(=NC)C1CCCCC1)NC(=O)Cc1cccc(C#N)c1. The zero-order valence-corrected chi connectivity index (χ0v) is 14.8. The van der Waals surface area contributed by atoms with E-state index >= 15 is 0 Å². The van der Waals surface area contributed by atoms with Crippen molar-refractivity contribution in [2.24, 2.45) is 10.9 Å². The van der Waals surface area contributed by atoms with E-state index in [2.05, 4.69) is 23.0 Å². The summed E-state index contributed by atoms with van der Waals surface area (Å²) < 4.78 is 0. The van der Waals surface area contributed by atoms with E-state index in [9.17, 15) is 4.79 Å². The highest BCUT2D eigenvalue weighted by Gasteiger charge is 2.16. The molecule has 0 unspecified atom stereocenters. The van der Waals surface area contributed by atoms with Crippen molar-refractivity contribution in [1.29, 1.82) is 5.26 Å². The Bertz CT molecular complexity index is 719. The van der Waals surface area contributed by atoms with E-state index in [1.165, 1.54) is 32.1 Å². The molecule has 0 bridgehead atoms. The molecule has 0 saturated heterocycles. The third kappa shape index (κ3) is 6.04. The average Bonchev–Trinajstić information content (AvgIpc) is 2.63. The van der Waals surface area contributed by atoms with Crippen LogP contribution in [0.3, 0.4) is 0 Å². The molecule has 2 rings (SSSR count). The molecule has 0 aromatic heterocycles. The fraction of sp³-hybridized carbons (Fsp3) is 0.381. The molecule has 130 valence electrons. The fourth-order valence-electron chi connectivity index (χ4n) is 3.18. The standard InChI is InChI=1S/C21H25N3O/c1-16(11-12-20(23-2)19-9-4-3-5-10-19)24-21(25)14-17-7-6-8-18(13-17)15-22/h6-8,11-13,19H,1,3-5,9-10,14H2,2H3,(H,24,25)/b12-11-,23-20?. The Morgan fingerprint density at radius 1 is 1.36 bits per heavy atom. The lowest BCUT2D eigenvalue weighted by molar-refractivity contribution is -0.119. The quantitative estimate of drug-likeness (QED) is 0.632. The Morgan fingerprint density at radius 3 is 2.80 bits per heavy atom. The van der Waals surface area contributed by atoms with Crippen LogP contribution in [-0.2, 0) is 11.2 Å². The van der Waals surface area contributed by atoms with Crippen LogP contribution in [0.1, 0.15) is 43.2 Å². The van der Waals surface area contributed by atoms with Gasteiger partial charge >= 0.3 is 0 Å². The number of carbonyl (C=O) groups excluding carboxylic acids is 1. The number of rotatable bonds is 6. The highest BCUT2D eigenvalue weighted by molar-refractivity contribution is 5.97. The fourth-order valence-corrected chi connectivity index (χ4v) is 3.18. The molecule has 4 heteroatoms. The van der Waals surface area contributed by atoms with Crippen molar-refractivity contribution in [3.8, 4) is 6.07 Å². The van der Waals surface area contributed by atoms with Gasteiger partial charge in [-0.05, 0) is 42.7 Å². The van der Waals surface area contributed by atoms with Gasteiger partial charge in [0.2, 0.25) is 5.91 Å². The molecule has 1 aromatic carbocycles. The van der Waals surface area contributed by atoms with E-state index < -0.39 is 0 Å². The van der Waals surface area contributed by atoms with Gasteiger partial charge in [0.15, 0.2) is 0 Å². The summed E-state index contributed by atoms with van der Waals surface area (Å²) in [7, 11) is 1.82. The maximum absolute atomic E-state index is 12.1. The maximum Gasteiger partial charge on any atom is 0.228 e. The van der Waals surface area contributed by atoms with Crippen LogP contribution in [0.5, 0.6) is 0 Å². The Kier molecular flexibility index (Phi) is 7.16. The molecule has 1 saturated carbocycles. The summed E-state index contributed by atoms with van der Waals surface area (Å²) in [5, 5.41) is 11.7. The Balaban J connectivity index is 1.87. The van der Waals surface area contributed by atoms with E-state index in [1.807, 2.05) is 25.3 Å². The lowest BCUT2D eigenvalue weighted by atomic mass is 9.85. The highest BCUT2D eigenvalue weighted by atomic mass is 16.1. The minimum Gasteiger partial charge on any atom is -0.326 e. The zero-order valence-electron chi connectivity index (χ0n) is 14.8. The molecule has 1 fully saturated rings. The summed E-state index contributed by atoms with van der Waals surface area (Å²) in [6.07, 6.45) is 10.2. The van der Waals surface area contributed by atoms with Gasteiger partial charge in [-0.1, -0.05) is 38.0 Å². The number of hydrogen-bond acceptors (Lipinski definition) is 3. The van der Waals surface area contributed by atoms with Gasteiger partial charge in [-0.3, -0.25) is 9.79 Å². The summed E-state index contributed by atoms with van der Waals surface area (Å²) in [4.78, 5) is 16.5. The predicted octanol–water partition coefficient (Wildman–Crippen LogP) is 3.94. The molecule has 0 spiro atoms. The average molecular weight is 335 g/mol. The number of nitrogens with one attached hydrogen (secondary N) is 1. The normalized spacial score (nSPS) is 15.8. The summed E-state index contributed by atoms with van der Waals surface area (Å²) in [5.74, 6) is 0.379. The summed E-state index contributed by atoms with van der Waals surface area (Å²) in [6, 6.07) is 9.14. The third-order valence-electron chi connectivity index (χ3n) is 4.46. The minimum absolute atomic E-state index is 0.141. The van der Waals surface area contributed by atoms with Gasteiger partial charge in [0, 0.05) is 24.4 Å². The van der Waals surface area contributed by atoms with Crippen LogP contribution in [0.15, 0.2) is 53.7 Å². The second-order valence-corrected chi connectivity index (χ2v) is 6.38. The Hall–Kier alpha value is -2.67. The minimum atomic E-state index is -0.141. The second-order valence-electron chi connectivity index (χ2n) is 6.38. The summed E-state index contributed by atoms with van der Waals surface area (Å²) in [5.41, 5.74) is 3.00. The number of allylic oxidation sites excluding steroid dienone is 2. The van der Waals surface area contributed by atoms with Crippen LogP contribution < -0.4 is 5.32 Å². The molecule has 1 N–H and O–H groups in total. The lowest BCUT2D eigenvalue weighted by Gasteiger charge is -2.21. The van der Waals surface area contributed by atoms with Crippen LogP contribution in [0.25, 0.3) is 0 Å². The predicted molar refractivity (Wildman–Crippen MR) is 101 cm³/mol. The first-order valence-electron chi connectivity index (χ1n) is 8.75. The maximum atomic E-state index is 12.1. The van der Waals surface area contributed by atoms with Gasteiger partial charge in [0.1, 0.15) is 0 Å². The molecule has 1 aliphatic rings. The first kappa shape index (κ1) is 18.7. The van der Waals surface area contributed by atoms with E-state index in [0.29, 0.717) is 17.2 Å². The number of nitrogens with zero attached hydrogens (tertiary/aromatic N) is 2. The van der Waals surface area contributed by atoms with E-state index in [-0.39, 0.29) is 12.3 Å². The van der Waals surface area contributed by atoms with Crippen LogP contribution in [0, 0.1) is 17.2 Å². The van der Waals surface area contributed by atoms with Crippen LogP contribution in [0.4, 0.5) is 0 Å². The second kappa shape index (κ2) is 9.58. The van der Waals surface area contributed by atoms with Crippen LogP contribution in [-0.4, -0.2) is 18.7 Å². The number of benzene rings is 1. The number of amides is 1. The zero-order chi connectivity index (χ0) is 18.1. The molecule has 1 aliphatic carbocycles. The molecule has 0 atom stereocenters. The highest BCUT2D eigenvalue weighted by Crippen LogP contribution is 2.25. The van der Waals surface area contributed by atoms with E-state index in [1.54, 1.807) is 18.2 Å². The van der Waals surface area contributed by atoms with E-state index in [0.717, 1.165) is 11.3 Å². The van der Waals surface area contributed by atoms with Gasteiger partial charge in [0.05, 0.1) is 18.1 Å². The van der Waals surface area contributed by atoms with Gasteiger partial charge in [-0.25, -0.2) is 0 Å². The molecule has 0 radical (unpaired) electrons. The largest absolute Gasteiger partial charge is 0.326 e. The topological polar surface area (TPSA) is 65.2 Å². The van der Waals surface area contributed by atoms with Crippen molar-refractivity contribution in [1.82, 2.24) is 5.32 Å². The van der Waals surface area contributed by atoms with Crippen molar-refractivity contribution in [2.75, 3.05) is 7.05 Å². The lowest BCUT2D eigenvalue weighted by Crippen LogP contribution is -2.23. The number of nitriles is 1. The third-order valence-corrected chi connectivity index (χ3v) is 4.46. The number of aliphatic imine (C=N–C) groups is 1. The van der Waals surface area contributed by atoms with E-state index in [4.69, 9.17) is 5.26 Å². The molecule has 1 amide bonds. The number of carbonyl (C=O) groups is 1. The van der Waals surface area contributed by atoms with Crippen LogP contribution in [0.2, 0.25) is 0 Å². The van der Waals surface area contributed by atoms with Crippen molar-refractivity contribution in [3.05, 3.63) is 59.8 Å². The molecule has 4 nitrogen and oxygen atoms in total. The number of hydrogen-bond donors (Lipinski definition) is 1. The molecule has 1 aromatic rings. The van der Waals surface area contributed by atoms with Crippen molar-refractivity contribution >= 4 is 11.6 Å².